The summed E-state index contributed by atoms with van der Waals surface area (Å²) in [6.45, 7) is 0. The zero-order valence-electron chi connectivity index (χ0n) is 28.9. The molecule has 254 valence electrons. The molecule has 0 saturated heterocycles. The third-order valence-electron chi connectivity index (χ3n) is 10.6. The second-order valence-electron chi connectivity index (χ2n) is 13.7. The van der Waals surface area contributed by atoms with Crippen LogP contribution in [0.25, 0.3) is 79.0 Å². The van der Waals surface area contributed by atoms with Gasteiger partial charge in [0, 0.05) is 73.9 Å². The van der Waals surface area contributed by atoms with Crippen LogP contribution in [0.1, 0.15) is 0 Å². The molecule has 0 radical (unpaired) electrons. The summed E-state index contributed by atoms with van der Waals surface area (Å²) in [6, 6.07) is 64.4. The van der Waals surface area contributed by atoms with Crippen LogP contribution in [-0.4, -0.2) is 4.57 Å². The van der Waals surface area contributed by atoms with Crippen molar-refractivity contribution in [3.63, 3.8) is 0 Å². The number of anilines is 3. The Bertz CT molecular complexity index is 3140. The molecule has 3 heterocycles. The van der Waals surface area contributed by atoms with Crippen molar-refractivity contribution >= 4 is 102 Å². The fourth-order valence-electron chi connectivity index (χ4n) is 8.06. The van der Waals surface area contributed by atoms with E-state index in [2.05, 4.69) is 143 Å². The molecule has 11 aromatic rings. The van der Waals surface area contributed by atoms with Gasteiger partial charge in [-0.1, -0.05) is 97.1 Å². The van der Waals surface area contributed by atoms with Crippen molar-refractivity contribution in [2.45, 2.75) is 0 Å². The van der Waals surface area contributed by atoms with E-state index >= 15 is 0 Å². The molecule has 0 aliphatic carbocycles. The standard InChI is InChI=1S/C49H30N2OS2/c52-49-41-14-1-5-16-43(41)51(44-17-6-2-15-42(44)49)34-11-9-10-32(28-34)31-20-22-33(23-21-31)50(35-24-26-39-37-12-3-7-18-45(37)53-47(39)29-35)36-25-27-40-38-13-4-8-19-46(38)54-48(40)30-36/h1-30H. The fourth-order valence-corrected chi connectivity index (χ4v) is 10.3. The lowest BCUT2D eigenvalue weighted by Crippen LogP contribution is -2.10. The van der Waals surface area contributed by atoms with Gasteiger partial charge in [-0.2, -0.15) is 0 Å². The minimum absolute atomic E-state index is 0.0618. The molecular formula is C49H30N2OS2. The van der Waals surface area contributed by atoms with E-state index in [9.17, 15) is 4.79 Å². The molecule has 0 fully saturated rings. The number of pyridine rings is 1. The quantitative estimate of drug-likeness (QED) is 0.165. The summed E-state index contributed by atoms with van der Waals surface area (Å²) in [4.78, 5) is 15.8. The lowest BCUT2D eigenvalue weighted by atomic mass is 10.0. The van der Waals surface area contributed by atoms with E-state index in [4.69, 9.17) is 0 Å². The number of hydrogen-bond donors (Lipinski definition) is 0. The van der Waals surface area contributed by atoms with Gasteiger partial charge >= 0.3 is 0 Å². The average Bonchev–Trinajstić information content (AvgIpc) is 3.79. The topological polar surface area (TPSA) is 25.2 Å². The van der Waals surface area contributed by atoms with Gasteiger partial charge in [-0.05, 0) is 96.1 Å². The maximum Gasteiger partial charge on any atom is 0.197 e. The average molecular weight is 727 g/mol. The first-order valence-corrected chi connectivity index (χ1v) is 19.7. The number of benzene rings is 8. The first-order chi connectivity index (χ1) is 26.7. The van der Waals surface area contributed by atoms with Crippen molar-refractivity contribution in [3.05, 3.63) is 192 Å². The smallest absolute Gasteiger partial charge is 0.197 e. The van der Waals surface area contributed by atoms with Gasteiger partial charge < -0.3 is 9.47 Å². The van der Waals surface area contributed by atoms with Crippen LogP contribution in [0.5, 0.6) is 0 Å². The van der Waals surface area contributed by atoms with E-state index in [0.717, 1.165) is 44.9 Å². The number of hydrogen-bond acceptors (Lipinski definition) is 4. The van der Waals surface area contributed by atoms with Gasteiger partial charge in [0.25, 0.3) is 0 Å². The van der Waals surface area contributed by atoms with Crippen LogP contribution in [-0.2, 0) is 0 Å². The van der Waals surface area contributed by atoms with Gasteiger partial charge in [0.05, 0.1) is 11.0 Å². The third-order valence-corrected chi connectivity index (χ3v) is 12.9. The van der Waals surface area contributed by atoms with Crippen molar-refractivity contribution in [3.8, 4) is 16.8 Å². The molecule has 0 aliphatic heterocycles. The molecule has 3 nitrogen and oxygen atoms in total. The Morgan fingerprint density at radius 1 is 0.370 bits per heavy atom. The predicted octanol–water partition coefficient (Wildman–Crippen LogP) is 14.0. The summed E-state index contributed by atoms with van der Waals surface area (Å²) in [5, 5.41) is 6.62. The molecule has 0 unspecified atom stereocenters. The minimum Gasteiger partial charge on any atom is -0.310 e. The maximum absolute atomic E-state index is 13.4. The molecule has 0 spiro atoms. The normalized spacial score (nSPS) is 11.8. The van der Waals surface area contributed by atoms with Crippen LogP contribution in [0, 0.1) is 0 Å². The van der Waals surface area contributed by atoms with Crippen LogP contribution in [0.2, 0.25) is 0 Å². The highest BCUT2D eigenvalue weighted by atomic mass is 32.1. The minimum atomic E-state index is 0.0618. The van der Waals surface area contributed by atoms with Crippen LogP contribution in [0.4, 0.5) is 17.1 Å². The number of aromatic nitrogens is 1. The lowest BCUT2D eigenvalue weighted by Gasteiger charge is -2.26. The van der Waals surface area contributed by atoms with Gasteiger partial charge in [-0.15, -0.1) is 22.7 Å². The Morgan fingerprint density at radius 2 is 0.852 bits per heavy atom. The van der Waals surface area contributed by atoms with Crippen LogP contribution in [0.3, 0.4) is 0 Å². The van der Waals surface area contributed by atoms with Gasteiger partial charge in [0.15, 0.2) is 5.43 Å². The highest BCUT2D eigenvalue weighted by Crippen LogP contribution is 2.43. The Morgan fingerprint density at radius 3 is 1.43 bits per heavy atom. The molecule has 0 amide bonds. The van der Waals surface area contributed by atoms with E-state index in [1.54, 1.807) is 0 Å². The van der Waals surface area contributed by atoms with E-state index in [0.29, 0.717) is 10.8 Å². The number of rotatable bonds is 5. The maximum atomic E-state index is 13.4. The Kier molecular flexibility index (Phi) is 7.06. The summed E-state index contributed by atoms with van der Waals surface area (Å²) < 4.78 is 7.37. The highest BCUT2D eigenvalue weighted by Gasteiger charge is 2.18. The SMILES string of the molecule is O=c1c2ccccc2n(-c2cccc(-c3ccc(N(c4ccc5c(c4)sc4ccccc45)c4ccc5c(c4)sc4ccccc45)cc3)c2)c2ccccc12. The molecule has 0 N–H and O–H groups in total. The van der Waals surface area contributed by atoms with E-state index in [1.807, 2.05) is 71.2 Å². The summed E-state index contributed by atoms with van der Waals surface area (Å²) in [5.41, 5.74) is 8.44. The first kappa shape index (κ1) is 31.0. The predicted molar refractivity (Wildman–Crippen MR) is 233 cm³/mol. The molecule has 3 aromatic heterocycles. The first-order valence-electron chi connectivity index (χ1n) is 18.0. The van der Waals surface area contributed by atoms with Crippen LogP contribution < -0.4 is 10.3 Å². The van der Waals surface area contributed by atoms with Crippen molar-refractivity contribution in [2.75, 3.05) is 4.90 Å². The Labute approximate surface area is 318 Å². The zero-order valence-corrected chi connectivity index (χ0v) is 30.6. The van der Waals surface area contributed by atoms with Gasteiger partial charge in [-0.25, -0.2) is 0 Å². The van der Waals surface area contributed by atoms with E-state index in [-0.39, 0.29) is 5.43 Å². The lowest BCUT2D eigenvalue weighted by molar-refractivity contribution is 1.16. The second-order valence-corrected chi connectivity index (χ2v) is 15.9. The van der Waals surface area contributed by atoms with Crippen molar-refractivity contribution in [1.29, 1.82) is 0 Å². The third kappa shape index (κ3) is 4.90. The molecule has 8 aromatic carbocycles. The van der Waals surface area contributed by atoms with Crippen molar-refractivity contribution in [2.24, 2.45) is 0 Å². The number of nitrogens with zero attached hydrogens (tertiary/aromatic N) is 2. The highest BCUT2D eigenvalue weighted by molar-refractivity contribution is 7.26. The van der Waals surface area contributed by atoms with Crippen LogP contribution >= 0.6 is 22.7 Å². The van der Waals surface area contributed by atoms with Crippen LogP contribution in [0.15, 0.2) is 187 Å². The molecule has 0 bridgehead atoms. The molecule has 11 rings (SSSR count). The zero-order chi connectivity index (χ0) is 35.8. The van der Waals surface area contributed by atoms with Gasteiger partial charge in [0.1, 0.15) is 0 Å². The van der Waals surface area contributed by atoms with Crippen molar-refractivity contribution < 1.29 is 0 Å². The molecule has 0 aliphatic rings. The molecule has 0 saturated carbocycles. The molecule has 0 atom stereocenters. The summed E-state index contributed by atoms with van der Waals surface area (Å²) in [6.07, 6.45) is 0. The van der Waals surface area contributed by atoms with Gasteiger partial charge in [0.2, 0.25) is 0 Å². The summed E-state index contributed by atoms with van der Waals surface area (Å²) in [7, 11) is 0. The Hall–Kier alpha value is -6.53. The largest absolute Gasteiger partial charge is 0.310 e. The second kappa shape index (κ2) is 12.3. The van der Waals surface area contributed by atoms with E-state index in [1.165, 1.54) is 40.3 Å². The van der Waals surface area contributed by atoms with E-state index < -0.39 is 0 Å². The monoisotopic (exact) mass is 726 g/mol. The molecule has 54 heavy (non-hydrogen) atoms. The molecule has 5 heteroatoms. The number of fused-ring (bicyclic) bond motifs is 8. The number of thiophene rings is 2. The van der Waals surface area contributed by atoms with Gasteiger partial charge in [-0.3, -0.25) is 4.79 Å². The fraction of sp³-hybridized carbons (Fsp3) is 0. The molecular weight excluding hydrogens is 697 g/mol. The summed E-state index contributed by atoms with van der Waals surface area (Å²) >= 11 is 3.69. The Balaban J connectivity index is 1.04. The number of para-hydroxylation sites is 2. The summed E-state index contributed by atoms with van der Waals surface area (Å²) in [5.74, 6) is 0. The van der Waals surface area contributed by atoms with Crippen molar-refractivity contribution in [1.82, 2.24) is 4.57 Å².